The third-order valence-corrected chi connectivity index (χ3v) is 19.4. The SMILES string of the molecule is C/C=C/C(=O)N(C)c1cncc(-c2cnc3[nH]cc(-c4cccc(C)c4)c3c2)c1.C/C=C/C(=O)N(C)c1cncc(-c2cnc3[nH]cc(-c4ccnc(C#N)c4)c3c2)c1.C/C=C/C(=O)N(C)c1cncc(-c2cnc3[nH]cc(-c4ccnc(C)c4)c3c2)c1.C/C=C/C(=O)N(C)c1cncc(-c2cnc3[nH]cc(-c4ccnc(OC)c4)c3c2)c1. The number of carbonyl (C=O) groups excluding carboxylic acids is 4. The number of aryl methyl sites for hydroxylation is 2. The van der Waals surface area contributed by atoms with Crippen LogP contribution in [-0.2, 0) is 19.2 Å². The summed E-state index contributed by atoms with van der Waals surface area (Å²) in [4.78, 5) is 116. The van der Waals surface area contributed by atoms with Crippen LogP contribution in [0.3, 0.4) is 0 Å². The molecule has 16 rings (SSSR count). The van der Waals surface area contributed by atoms with Crippen molar-refractivity contribution in [3.8, 4) is 101 Å². The lowest BCUT2D eigenvalue weighted by atomic mass is 10.0. The Labute approximate surface area is 680 Å². The summed E-state index contributed by atoms with van der Waals surface area (Å²) < 4.78 is 5.25. The Kier molecular flexibility index (Phi) is 25.0. The summed E-state index contributed by atoms with van der Waals surface area (Å²) in [7, 11) is 8.52. The quantitative estimate of drug-likeness (QED) is 0.0615. The first kappa shape index (κ1) is 80.2. The number of methoxy groups -OCH3 is 1. The molecular formula is C93H82N20O5. The number of aromatic nitrogens is 15. The lowest BCUT2D eigenvalue weighted by molar-refractivity contribution is -0.114. The van der Waals surface area contributed by atoms with E-state index in [9.17, 15) is 19.2 Å². The maximum absolute atomic E-state index is 12.2. The van der Waals surface area contributed by atoms with E-state index in [2.05, 4.69) is 136 Å². The van der Waals surface area contributed by atoms with E-state index in [1.54, 1.807) is 167 Å². The van der Waals surface area contributed by atoms with E-state index in [-0.39, 0.29) is 23.6 Å². The van der Waals surface area contributed by atoms with Crippen LogP contribution in [0.5, 0.6) is 5.88 Å². The number of hydrogen-bond donors (Lipinski definition) is 4. The number of allylic oxidation sites excluding steroid dienone is 4. The number of nitrogens with zero attached hydrogens (tertiary/aromatic N) is 16. The van der Waals surface area contributed by atoms with Crippen LogP contribution >= 0.6 is 0 Å². The molecule has 25 heteroatoms. The number of nitriles is 1. The van der Waals surface area contributed by atoms with Crippen LogP contribution in [0.15, 0.2) is 276 Å². The van der Waals surface area contributed by atoms with E-state index in [4.69, 9.17) is 10.00 Å². The van der Waals surface area contributed by atoms with E-state index in [1.807, 2.05) is 126 Å². The van der Waals surface area contributed by atoms with Crippen LogP contribution in [0, 0.1) is 25.2 Å². The lowest BCUT2D eigenvalue weighted by Crippen LogP contribution is -2.24. The molecule has 0 spiro atoms. The highest BCUT2D eigenvalue weighted by atomic mass is 16.5. The largest absolute Gasteiger partial charge is 0.481 e. The van der Waals surface area contributed by atoms with Gasteiger partial charge in [-0.15, -0.1) is 0 Å². The van der Waals surface area contributed by atoms with Gasteiger partial charge in [0.15, 0.2) is 0 Å². The molecular weight excluding hydrogens is 1480 g/mol. The number of carbonyl (C=O) groups is 4. The van der Waals surface area contributed by atoms with Crippen molar-refractivity contribution in [3.05, 3.63) is 292 Å². The van der Waals surface area contributed by atoms with Gasteiger partial charge < -0.3 is 44.3 Å². The molecule has 0 atom stereocenters. The molecule has 0 radical (unpaired) electrons. The number of amides is 4. The maximum Gasteiger partial charge on any atom is 0.250 e. The lowest BCUT2D eigenvalue weighted by Gasteiger charge is -2.15. The number of fused-ring (bicyclic) bond motifs is 4. The van der Waals surface area contributed by atoms with Gasteiger partial charge in [0.05, 0.1) is 54.6 Å². The van der Waals surface area contributed by atoms with Crippen LogP contribution in [0.1, 0.15) is 44.6 Å². The second-order valence-electron chi connectivity index (χ2n) is 27.3. The Morgan fingerprint density at radius 3 is 0.992 bits per heavy atom. The molecule has 0 unspecified atom stereocenters. The predicted octanol–water partition coefficient (Wildman–Crippen LogP) is 18.0. The minimum atomic E-state index is -0.121. The summed E-state index contributed by atoms with van der Waals surface area (Å²) in [6.45, 7) is 11.3. The first-order chi connectivity index (χ1) is 57.3. The number of pyridine rings is 11. The second kappa shape index (κ2) is 36.8. The van der Waals surface area contributed by atoms with E-state index in [0.29, 0.717) is 22.9 Å². The highest BCUT2D eigenvalue weighted by Gasteiger charge is 2.20. The fourth-order valence-corrected chi connectivity index (χ4v) is 13.1. The molecule has 4 N–H and O–H groups in total. The summed E-state index contributed by atoms with van der Waals surface area (Å²) >= 11 is 0. The summed E-state index contributed by atoms with van der Waals surface area (Å²) in [5.41, 5.74) is 24.0. The van der Waals surface area contributed by atoms with Gasteiger partial charge in [-0.1, -0.05) is 54.1 Å². The molecule has 0 saturated heterocycles. The number of likely N-dealkylation sites (N-methyl/N-ethyl adjacent to an activating group) is 4. The van der Waals surface area contributed by atoms with Gasteiger partial charge in [0, 0.05) is 221 Å². The van der Waals surface area contributed by atoms with E-state index in [1.165, 1.54) is 29.9 Å². The number of aromatic amines is 4. The van der Waals surface area contributed by atoms with Gasteiger partial charge in [0.25, 0.3) is 0 Å². The standard InChI is InChI=1S/C24H22N4O.C23H18N6O.C23H21N5O2.C23H21N5O/c1-4-6-23(29)28(3)20-10-18(12-25-14-20)19-11-21-22(15-27-24(21)26-13-19)17-8-5-7-16(2)9-17;1-3-4-22(30)29(2)19-8-16(11-25-13-19)17-9-20-21(14-28-23(20)27-12-17)15-5-6-26-18(7-15)10-24;1-4-5-22(29)28(2)18-8-16(11-24-13-18)17-9-19-20(14-27-23(19)26-12-17)15-6-7-25-21(10-15)30-3;1-4-5-22(29)28(3)19-9-17(11-24-13-19)18-10-20-21(14-27-23(20)26-12-18)16-6-7-25-15(2)8-16/h4-15H,1-3H3,(H,26,27);3-9,11-14H,1-2H3,(H,27,28);4-14H,1-3H3,(H,26,27);4-14H,1-3H3,(H,26,27)/b6-4+;4-3+;2*5-4+. The van der Waals surface area contributed by atoms with E-state index in [0.717, 1.165) is 150 Å². The third kappa shape index (κ3) is 18.3. The number of benzene rings is 1. The molecule has 584 valence electrons. The van der Waals surface area contributed by atoms with Crippen LogP contribution < -0.4 is 24.3 Å². The normalized spacial score (nSPS) is 11.2. The number of ether oxygens (including phenoxy) is 1. The van der Waals surface area contributed by atoms with Crippen LogP contribution in [0.25, 0.3) is 133 Å². The van der Waals surface area contributed by atoms with Crippen LogP contribution in [0.2, 0.25) is 0 Å². The fourth-order valence-electron chi connectivity index (χ4n) is 13.1. The van der Waals surface area contributed by atoms with E-state index < -0.39 is 0 Å². The van der Waals surface area contributed by atoms with Gasteiger partial charge in [-0.25, -0.2) is 29.9 Å². The Balaban J connectivity index is 0.000000136. The molecule has 15 heterocycles. The number of hydrogen-bond acceptors (Lipinski definition) is 17. The minimum Gasteiger partial charge on any atom is -0.481 e. The average molecular weight is 1560 g/mol. The zero-order chi connectivity index (χ0) is 82.9. The van der Waals surface area contributed by atoms with Crippen LogP contribution in [-0.4, -0.2) is 134 Å². The average Bonchev–Trinajstić information content (AvgIpc) is 1.64. The molecule has 15 aromatic heterocycles. The van der Waals surface area contributed by atoms with Crippen molar-refractivity contribution in [2.45, 2.75) is 41.5 Å². The van der Waals surface area contributed by atoms with Gasteiger partial charge in [0.2, 0.25) is 29.5 Å². The molecule has 0 aliphatic heterocycles. The molecule has 16 aromatic rings. The second-order valence-corrected chi connectivity index (χ2v) is 27.3. The number of H-pyrrole nitrogens is 4. The molecule has 0 aliphatic carbocycles. The molecule has 4 amide bonds. The molecule has 25 nitrogen and oxygen atoms in total. The predicted molar refractivity (Wildman–Crippen MR) is 466 cm³/mol. The smallest absolute Gasteiger partial charge is 0.250 e. The molecule has 0 bridgehead atoms. The van der Waals surface area contributed by atoms with Crippen molar-refractivity contribution >= 4 is 90.5 Å². The first-order valence-corrected chi connectivity index (χ1v) is 37.5. The van der Waals surface area contributed by atoms with Crippen molar-refractivity contribution in [2.75, 3.05) is 54.9 Å². The molecule has 0 fully saturated rings. The molecule has 1 aromatic carbocycles. The molecule has 0 aliphatic rings. The first-order valence-electron chi connectivity index (χ1n) is 37.5. The van der Waals surface area contributed by atoms with Gasteiger partial charge in [-0.05, 0) is 167 Å². The Bertz CT molecular complexity index is 6390. The van der Waals surface area contributed by atoms with Crippen molar-refractivity contribution in [3.63, 3.8) is 0 Å². The summed E-state index contributed by atoms with van der Waals surface area (Å²) in [5.74, 6) is 0.138. The topological polar surface area (TPSA) is 319 Å². The number of nitrogens with one attached hydrogen (secondary N) is 4. The highest BCUT2D eigenvalue weighted by Crippen LogP contribution is 2.38. The fraction of sp³-hybridized carbons (Fsp3) is 0.118. The van der Waals surface area contributed by atoms with Crippen LogP contribution in [0.4, 0.5) is 22.7 Å². The van der Waals surface area contributed by atoms with Crippen molar-refractivity contribution in [1.29, 1.82) is 5.26 Å². The summed E-state index contributed by atoms with van der Waals surface area (Å²) in [6.07, 6.45) is 46.9. The third-order valence-electron chi connectivity index (χ3n) is 19.4. The highest BCUT2D eigenvalue weighted by molar-refractivity contribution is 6.05. The maximum atomic E-state index is 12.2. The molecule has 0 saturated carbocycles. The Hall–Kier alpha value is -15.8. The Morgan fingerprint density at radius 1 is 0.356 bits per heavy atom. The summed E-state index contributed by atoms with van der Waals surface area (Å²) in [5, 5.41) is 13.1. The Morgan fingerprint density at radius 2 is 0.669 bits per heavy atom. The number of anilines is 4. The minimum absolute atomic E-state index is 0.0904. The summed E-state index contributed by atoms with van der Waals surface area (Å²) in [6, 6.07) is 38.0. The van der Waals surface area contributed by atoms with Crippen molar-refractivity contribution in [2.24, 2.45) is 0 Å². The van der Waals surface area contributed by atoms with Gasteiger partial charge in [-0.2, -0.15) is 5.26 Å². The van der Waals surface area contributed by atoms with Gasteiger partial charge in [0.1, 0.15) is 34.4 Å². The van der Waals surface area contributed by atoms with Crippen molar-refractivity contribution in [1.82, 2.24) is 74.8 Å². The zero-order valence-electron chi connectivity index (χ0n) is 66.7. The van der Waals surface area contributed by atoms with Crippen molar-refractivity contribution < 1.29 is 23.9 Å². The van der Waals surface area contributed by atoms with E-state index >= 15 is 0 Å². The number of rotatable bonds is 17. The monoisotopic (exact) mass is 1560 g/mol. The molecule has 118 heavy (non-hydrogen) atoms. The van der Waals surface area contributed by atoms with Gasteiger partial charge in [-0.3, -0.25) is 44.1 Å². The zero-order valence-corrected chi connectivity index (χ0v) is 66.7. The van der Waals surface area contributed by atoms with Gasteiger partial charge >= 0.3 is 0 Å².